The van der Waals surface area contributed by atoms with E-state index in [0.717, 1.165) is 21.2 Å². The molecule has 0 aromatic heterocycles. The number of rotatable bonds is 5. The molecule has 3 heteroatoms. The van der Waals surface area contributed by atoms with Gasteiger partial charge >= 0.3 is 0 Å². The molecule has 0 fully saturated rings. The Labute approximate surface area is 121 Å². The molecule has 0 radical (unpaired) electrons. The molecule has 0 aliphatic heterocycles. The normalized spacial score (nSPS) is 10.6. The predicted molar refractivity (Wildman–Crippen MR) is 83.1 cm³/mol. The van der Waals surface area contributed by atoms with Crippen molar-refractivity contribution in [2.75, 3.05) is 0 Å². The summed E-state index contributed by atoms with van der Waals surface area (Å²) in [5.74, 6) is 0. The lowest BCUT2D eigenvalue weighted by atomic mass is 10.1. The van der Waals surface area contributed by atoms with Crippen LogP contribution in [0.3, 0.4) is 0 Å². The zero-order valence-electron chi connectivity index (χ0n) is 10.4. The Kier molecular flexibility index (Phi) is 4.93. The molecular weight excluding hydrogens is 302 g/mol. The Balaban J connectivity index is 1.93. The van der Waals surface area contributed by atoms with E-state index in [1.54, 1.807) is 6.21 Å². The van der Waals surface area contributed by atoms with Crippen LogP contribution in [0.25, 0.3) is 6.08 Å². The summed E-state index contributed by atoms with van der Waals surface area (Å²) in [7, 11) is 0. The van der Waals surface area contributed by atoms with E-state index in [1.165, 1.54) is 0 Å². The SMILES string of the molecule is C=Cc1ccccc1CON=Cc1ccc(Br)cc1. The van der Waals surface area contributed by atoms with Gasteiger partial charge in [-0.3, -0.25) is 0 Å². The fourth-order valence-corrected chi connectivity index (χ4v) is 1.88. The van der Waals surface area contributed by atoms with Crippen molar-refractivity contribution < 1.29 is 4.84 Å². The van der Waals surface area contributed by atoms with Gasteiger partial charge in [0.2, 0.25) is 0 Å². The van der Waals surface area contributed by atoms with E-state index in [2.05, 4.69) is 27.7 Å². The summed E-state index contributed by atoms with van der Waals surface area (Å²) in [6, 6.07) is 15.8. The minimum atomic E-state index is 0.440. The molecule has 0 saturated heterocycles. The fraction of sp³-hybridized carbons (Fsp3) is 0.0625. The van der Waals surface area contributed by atoms with Gasteiger partial charge in [-0.25, -0.2) is 0 Å². The molecular formula is C16H14BrNO. The first-order valence-electron chi connectivity index (χ1n) is 5.91. The topological polar surface area (TPSA) is 21.6 Å². The average molecular weight is 316 g/mol. The molecule has 0 spiro atoms. The Morgan fingerprint density at radius 2 is 1.84 bits per heavy atom. The second kappa shape index (κ2) is 6.90. The van der Waals surface area contributed by atoms with E-state index in [9.17, 15) is 0 Å². The van der Waals surface area contributed by atoms with E-state index in [-0.39, 0.29) is 0 Å². The van der Waals surface area contributed by atoms with Gasteiger partial charge in [0.1, 0.15) is 6.61 Å². The number of halogens is 1. The Bertz CT molecular complexity index is 576. The molecule has 0 bridgehead atoms. The number of hydrogen-bond acceptors (Lipinski definition) is 2. The number of nitrogens with zero attached hydrogens (tertiary/aromatic N) is 1. The molecule has 96 valence electrons. The molecule has 19 heavy (non-hydrogen) atoms. The van der Waals surface area contributed by atoms with E-state index < -0.39 is 0 Å². The molecule has 2 rings (SSSR count). The summed E-state index contributed by atoms with van der Waals surface area (Å²) in [6.45, 7) is 4.22. The van der Waals surface area contributed by atoms with Crippen molar-refractivity contribution in [3.8, 4) is 0 Å². The van der Waals surface area contributed by atoms with Crippen LogP contribution in [-0.4, -0.2) is 6.21 Å². The second-order valence-electron chi connectivity index (χ2n) is 3.96. The molecule has 2 aromatic rings. The van der Waals surface area contributed by atoms with Crippen LogP contribution in [0.4, 0.5) is 0 Å². The van der Waals surface area contributed by atoms with Gasteiger partial charge in [-0.1, -0.05) is 70.1 Å². The number of hydrogen-bond donors (Lipinski definition) is 0. The molecule has 0 unspecified atom stereocenters. The molecule has 2 aromatic carbocycles. The van der Waals surface area contributed by atoms with Crippen LogP contribution in [0.15, 0.2) is 64.7 Å². The summed E-state index contributed by atoms with van der Waals surface area (Å²) in [4.78, 5) is 5.31. The third-order valence-corrected chi connectivity index (χ3v) is 3.17. The highest BCUT2D eigenvalue weighted by atomic mass is 79.9. The van der Waals surface area contributed by atoms with Crippen LogP contribution >= 0.6 is 15.9 Å². The van der Waals surface area contributed by atoms with Crippen LogP contribution in [0, 0.1) is 0 Å². The van der Waals surface area contributed by atoms with Crippen molar-refractivity contribution in [1.29, 1.82) is 0 Å². The van der Waals surface area contributed by atoms with Crippen molar-refractivity contribution in [3.05, 3.63) is 76.3 Å². The van der Waals surface area contributed by atoms with Crippen molar-refractivity contribution in [3.63, 3.8) is 0 Å². The van der Waals surface area contributed by atoms with Gasteiger partial charge in [0.05, 0.1) is 6.21 Å². The maximum absolute atomic E-state index is 5.31. The third kappa shape index (κ3) is 4.07. The minimum Gasteiger partial charge on any atom is -0.391 e. The lowest BCUT2D eigenvalue weighted by molar-refractivity contribution is 0.132. The monoisotopic (exact) mass is 315 g/mol. The fourth-order valence-electron chi connectivity index (χ4n) is 1.62. The summed E-state index contributed by atoms with van der Waals surface area (Å²) in [6.07, 6.45) is 3.51. The van der Waals surface area contributed by atoms with Crippen LogP contribution < -0.4 is 0 Å². The summed E-state index contributed by atoms with van der Waals surface area (Å²) in [5, 5.41) is 3.97. The van der Waals surface area contributed by atoms with Gasteiger partial charge in [-0.05, 0) is 28.8 Å². The maximum atomic E-state index is 5.31. The zero-order chi connectivity index (χ0) is 13.5. The lowest BCUT2D eigenvalue weighted by Gasteiger charge is -2.03. The van der Waals surface area contributed by atoms with Crippen molar-refractivity contribution in [1.82, 2.24) is 0 Å². The van der Waals surface area contributed by atoms with Gasteiger partial charge < -0.3 is 4.84 Å². The summed E-state index contributed by atoms with van der Waals surface area (Å²) < 4.78 is 1.05. The van der Waals surface area contributed by atoms with Gasteiger partial charge in [-0.15, -0.1) is 0 Å². The second-order valence-corrected chi connectivity index (χ2v) is 4.88. The van der Waals surface area contributed by atoms with Crippen molar-refractivity contribution in [2.24, 2.45) is 5.16 Å². The molecule has 0 aliphatic rings. The van der Waals surface area contributed by atoms with Gasteiger partial charge in [-0.2, -0.15) is 0 Å². The highest BCUT2D eigenvalue weighted by Gasteiger charge is 1.97. The van der Waals surface area contributed by atoms with Crippen molar-refractivity contribution in [2.45, 2.75) is 6.61 Å². The van der Waals surface area contributed by atoms with Crippen LogP contribution in [-0.2, 0) is 11.4 Å². The van der Waals surface area contributed by atoms with Gasteiger partial charge in [0.25, 0.3) is 0 Å². The largest absolute Gasteiger partial charge is 0.391 e. The summed E-state index contributed by atoms with van der Waals surface area (Å²) >= 11 is 3.39. The zero-order valence-corrected chi connectivity index (χ0v) is 12.0. The number of oxime groups is 1. The molecule has 0 heterocycles. The average Bonchev–Trinajstić information content (AvgIpc) is 2.46. The molecule has 0 N–H and O–H groups in total. The Morgan fingerprint density at radius 1 is 1.11 bits per heavy atom. The first-order valence-corrected chi connectivity index (χ1v) is 6.70. The standard InChI is InChI=1S/C16H14BrNO/c1-2-14-5-3-4-6-15(14)12-19-18-11-13-7-9-16(17)10-8-13/h2-11H,1,12H2. The van der Waals surface area contributed by atoms with Crippen molar-refractivity contribution >= 4 is 28.2 Å². The Hall–Kier alpha value is -1.87. The maximum Gasteiger partial charge on any atom is 0.142 e. The predicted octanol–water partition coefficient (Wildman–Crippen LogP) is 4.64. The van der Waals surface area contributed by atoms with Crippen LogP contribution in [0.1, 0.15) is 16.7 Å². The van der Waals surface area contributed by atoms with E-state index >= 15 is 0 Å². The Morgan fingerprint density at radius 3 is 2.58 bits per heavy atom. The van der Waals surface area contributed by atoms with E-state index in [0.29, 0.717) is 6.61 Å². The molecule has 0 amide bonds. The number of benzene rings is 2. The molecule has 0 aliphatic carbocycles. The smallest absolute Gasteiger partial charge is 0.142 e. The lowest BCUT2D eigenvalue weighted by Crippen LogP contribution is -1.91. The van der Waals surface area contributed by atoms with Crippen LogP contribution in [0.5, 0.6) is 0 Å². The van der Waals surface area contributed by atoms with Crippen LogP contribution in [0.2, 0.25) is 0 Å². The highest BCUT2D eigenvalue weighted by molar-refractivity contribution is 9.10. The van der Waals surface area contributed by atoms with Gasteiger partial charge in [0, 0.05) is 4.47 Å². The first-order chi connectivity index (χ1) is 9.29. The molecule has 0 atom stereocenters. The molecule has 0 saturated carbocycles. The molecule has 2 nitrogen and oxygen atoms in total. The van der Waals surface area contributed by atoms with E-state index in [4.69, 9.17) is 4.84 Å². The minimum absolute atomic E-state index is 0.440. The summed E-state index contributed by atoms with van der Waals surface area (Å²) in [5.41, 5.74) is 3.15. The van der Waals surface area contributed by atoms with E-state index in [1.807, 2.05) is 54.6 Å². The van der Waals surface area contributed by atoms with Gasteiger partial charge in [0.15, 0.2) is 0 Å². The first kappa shape index (κ1) is 13.6. The highest BCUT2D eigenvalue weighted by Crippen LogP contribution is 2.12. The third-order valence-electron chi connectivity index (χ3n) is 2.64. The quantitative estimate of drug-likeness (QED) is 0.581.